The van der Waals surface area contributed by atoms with E-state index in [4.69, 9.17) is 14.6 Å². The Balaban J connectivity index is 2.35. The van der Waals surface area contributed by atoms with Crippen molar-refractivity contribution in [2.45, 2.75) is 11.8 Å². The molecule has 2 aromatic carbocycles. The normalized spacial score (nSPS) is 10.8. The van der Waals surface area contributed by atoms with Gasteiger partial charge in [-0.05, 0) is 48.9 Å². The highest BCUT2D eigenvalue weighted by atomic mass is 32.2. The lowest BCUT2D eigenvalue weighted by molar-refractivity contribution is -0.139. The second kappa shape index (κ2) is 8.61. The van der Waals surface area contributed by atoms with Crippen molar-refractivity contribution in [3.8, 4) is 11.5 Å². The number of nitrogens with one attached hydrogen (secondary N) is 1. The monoisotopic (exact) mass is 409 g/mol. The van der Waals surface area contributed by atoms with Gasteiger partial charge in [-0.15, -0.1) is 0 Å². The van der Waals surface area contributed by atoms with Crippen molar-refractivity contribution in [3.63, 3.8) is 0 Å². The quantitative estimate of drug-likeness (QED) is 0.634. The Labute approximate surface area is 161 Å². The molecule has 0 atom stereocenters. The molecule has 0 fully saturated rings. The van der Waals surface area contributed by atoms with E-state index in [-0.39, 0.29) is 21.9 Å². The number of hydrogen-bond donors (Lipinski definition) is 2. The highest BCUT2D eigenvalue weighted by Crippen LogP contribution is 2.27. The minimum Gasteiger partial charge on any atom is -0.497 e. The number of methoxy groups -OCH3 is 2. The van der Waals surface area contributed by atoms with Gasteiger partial charge in [0.1, 0.15) is 11.5 Å². The summed E-state index contributed by atoms with van der Waals surface area (Å²) in [6.45, 7) is 1.04. The van der Waals surface area contributed by atoms with Gasteiger partial charge in [-0.2, -0.15) is 0 Å². The number of aliphatic carboxylic acids is 1. The highest BCUT2D eigenvalue weighted by molar-refractivity contribution is 7.92. The van der Waals surface area contributed by atoms with Gasteiger partial charge in [0.25, 0.3) is 10.0 Å². The summed E-state index contributed by atoms with van der Waals surface area (Å²) >= 11 is 0. The van der Waals surface area contributed by atoms with Crippen molar-refractivity contribution in [1.82, 2.24) is 0 Å². The summed E-state index contributed by atoms with van der Waals surface area (Å²) in [5.41, 5.74) is 0.451. The summed E-state index contributed by atoms with van der Waals surface area (Å²) in [4.78, 5) is 22.5. The van der Waals surface area contributed by atoms with Crippen LogP contribution in [-0.4, -0.2) is 46.3 Å². The fourth-order valence-electron chi connectivity index (χ4n) is 2.31. The third-order valence-corrected chi connectivity index (χ3v) is 5.05. The topological polar surface area (TPSA) is 128 Å². The molecule has 0 aliphatic carbocycles. The number of carbonyl (C=O) groups excluding carboxylic acids is 1. The number of ether oxygens (including phenoxy) is 3. The van der Waals surface area contributed by atoms with Crippen LogP contribution in [0.1, 0.15) is 15.9 Å². The zero-order chi connectivity index (χ0) is 20.9. The van der Waals surface area contributed by atoms with Crippen molar-refractivity contribution < 1.29 is 37.3 Å². The molecule has 0 heterocycles. The summed E-state index contributed by atoms with van der Waals surface area (Å²) in [5.74, 6) is -1.27. The zero-order valence-electron chi connectivity index (χ0n) is 15.4. The molecule has 0 radical (unpaired) electrons. The summed E-state index contributed by atoms with van der Waals surface area (Å²) in [7, 11) is -1.44. The van der Waals surface area contributed by atoms with Crippen LogP contribution in [-0.2, 0) is 19.6 Å². The summed E-state index contributed by atoms with van der Waals surface area (Å²) in [5, 5.41) is 8.66. The van der Waals surface area contributed by atoms with E-state index in [1.165, 1.54) is 50.6 Å². The lowest BCUT2D eigenvalue weighted by atomic mass is 10.2. The molecule has 10 heteroatoms. The average Bonchev–Trinajstić information content (AvgIpc) is 2.66. The van der Waals surface area contributed by atoms with Crippen LogP contribution in [0.15, 0.2) is 41.3 Å². The van der Waals surface area contributed by atoms with Crippen molar-refractivity contribution in [2.75, 3.05) is 25.5 Å². The molecule has 0 bridgehead atoms. The first-order chi connectivity index (χ1) is 13.2. The Bertz CT molecular complexity index is 1000. The van der Waals surface area contributed by atoms with Gasteiger partial charge in [0.2, 0.25) is 0 Å². The number of sulfonamides is 1. The van der Waals surface area contributed by atoms with Crippen molar-refractivity contribution in [2.24, 2.45) is 0 Å². The van der Waals surface area contributed by atoms with Gasteiger partial charge in [0, 0.05) is 0 Å². The molecule has 0 aromatic heterocycles. The van der Waals surface area contributed by atoms with Crippen molar-refractivity contribution in [3.05, 3.63) is 47.5 Å². The Hall–Kier alpha value is -3.27. The number of hydrogen-bond acceptors (Lipinski definition) is 7. The highest BCUT2D eigenvalue weighted by Gasteiger charge is 2.21. The summed E-state index contributed by atoms with van der Waals surface area (Å²) < 4.78 is 42.6. The van der Waals surface area contributed by atoms with Crippen LogP contribution in [0.2, 0.25) is 0 Å². The van der Waals surface area contributed by atoms with E-state index in [1.807, 2.05) is 0 Å². The van der Waals surface area contributed by atoms with Crippen LogP contribution in [0.4, 0.5) is 5.69 Å². The number of anilines is 1. The maximum atomic E-state index is 12.7. The third kappa shape index (κ3) is 4.92. The van der Waals surface area contributed by atoms with Crippen LogP contribution in [0.3, 0.4) is 0 Å². The van der Waals surface area contributed by atoms with Gasteiger partial charge < -0.3 is 19.3 Å². The van der Waals surface area contributed by atoms with E-state index in [2.05, 4.69) is 9.46 Å². The summed E-state index contributed by atoms with van der Waals surface area (Å²) in [6.07, 6.45) is 0. The predicted octanol–water partition coefficient (Wildman–Crippen LogP) is 2.05. The lowest BCUT2D eigenvalue weighted by Crippen LogP contribution is -2.16. The number of carboxylic acid groups (broad SMARTS) is 1. The van der Waals surface area contributed by atoms with Gasteiger partial charge in [0.15, 0.2) is 6.61 Å². The maximum Gasteiger partial charge on any atom is 0.341 e. The number of rotatable bonds is 8. The van der Waals surface area contributed by atoms with Gasteiger partial charge in [-0.25, -0.2) is 18.0 Å². The Morgan fingerprint density at radius 3 is 2.39 bits per heavy atom. The third-order valence-electron chi connectivity index (χ3n) is 3.68. The van der Waals surface area contributed by atoms with Crippen LogP contribution >= 0.6 is 0 Å². The standard InChI is InChI=1S/C18H19NO8S/c1-11-8-13(5-7-16(11)27-10-17(20)21)28(23,24)19-15-6-4-12(25-2)9-14(15)18(22)26-3/h4-9,19H,10H2,1-3H3,(H,20,21). The predicted molar refractivity (Wildman–Crippen MR) is 99.5 cm³/mol. The molecule has 9 nitrogen and oxygen atoms in total. The van der Waals surface area contributed by atoms with Gasteiger partial charge in [-0.3, -0.25) is 4.72 Å². The second-order valence-electron chi connectivity index (χ2n) is 5.62. The second-order valence-corrected chi connectivity index (χ2v) is 7.30. The number of esters is 1. The zero-order valence-corrected chi connectivity index (χ0v) is 16.2. The molecule has 0 saturated heterocycles. The molecular weight excluding hydrogens is 390 g/mol. The minimum absolute atomic E-state index is 0.0106. The largest absolute Gasteiger partial charge is 0.497 e. The van der Waals surface area contributed by atoms with Crippen LogP contribution in [0, 0.1) is 6.92 Å². The van der Waals surface area contributed by atoms with Crippen molar-refractivity contribution >= 4 is 27.6 Å². The molecule has 2 rings (SSSR count). The lowest BCUT2D eigenvalue weighted by Gasteiger charge is -2.14. The number of carbonyl (C=O) groups is 2. The van der Waals surface area contributed by atoms with E-state index >= 15 is 0 Å². The molecular formula is C18H19NO8S. The first kappa shape index (κ1) is 21.0. The maximum absolute atomic E-state index is 12.7. The van der Waals surface area contributed by atoms with Crippen LogP contribution in [0.25, 0.3) is 0 Å². The van der Waals surface area contributed by atoms with Crippen molar-refractivity contribution in [1.29, 1.82) is 0 Å². The molecule has 0 aliphatic heterocycles. The Morgan fingerprint density at radius 2 is 1.82 bits per heavy atom. The molecule has 0 saturated carbocycles. The molecule has 0 unspecified atom stereocenters. The molecule has 150 valence electrons. The smallest absolute Gasteiger partial charge is 0.341 e. The molecule has 0 spiro atoms. The Morgan fingerprint density at radius 1 is 1.11 bits per heavy atom. The first-order valence-electron chi connectivity index (χ1n) is 7.92. The molecule has 2 N–H and O–H groups in total. The molecule has 2 aromatic rings. The van der Waals surface area contributed by atoms with E-state index in [9.17, 15) is 18.0 Å². The number of aryl methyl sites for hydroxylation is 1. The van der Waals surface area contributed by atoms with Crippen LogP contribution < -0.4 is 14.2 Å². The first-order valence-corrected chi connectivity index (χ1v) is 9.40. The molecule has 0 aliphatic rings. The summed E-state index contributed by atoms with van der Waals surface area (Å²) in [6, 6.07) is 8.22. The van der Waals surface area contributed by atoms with E-state index in [0.29, 0.717) is 11.3 Å². The van der Waals surface area contributed by atoms with E-state index in [0.717, 1.165) is 0 Å². The van der Waals surface area contributed by atoms with Crippen LogP contribution in [0.5, 0.6) is 11.5 Å². The van der Waals surface area contributed by atoms with E-state index in [1.54, 1.807) is 6.92 Å². The Kier molecular flexibility index (Phi) is 6.47. The van der Waals surface area contributed by atoms with Gasteiger partial charge in [0.05, 0.1) is 30.4 Å². The SMILES string of the molecule is COC(=O)c1cc(OC)ccc1NS(=O)(=O)c1ccc(OCC(=O)O)c(C)c1. The molecule has 0 amide bonds. The fraction of sp³-hybridized carbons (Fsp3) is 0.222. The number of benzene rings is 2. The number of carboxylic acids is 1. The fourth-order valence-corrected chi connectivity index (χ4v) is 3.48. The van der Waals surface area contributed by atoms with Gasteiger partial charge >= 0.3 is 11.9 Å². The average molecular weight is 409 g/mol. The van der Waals surface area contributed by atoms with Gasteiger partial charge in [-0.1, -0.05) is 0 Å². The van der Waals surface area contributed by atoms with E-state index < -0.39 is 28.6 Å². The molecule has 28 heavy (non-hydrogen) atoms. The minimum atomic E-state index is -4.04.